The highest BCUT2D eigenvalue weighted by Gasteiger charge is 2.28. The van der Waals surface area contributed by atoms with Crippen molar-refractivity contribution in [3.05, 3.63) is 59.9 Å². The van der Waals surface area contributed by atoms with E-state index in [0.717, 1.165) is 24.0 Å². The number of carbonyl (C=O) groups is 1. The van der Waals surface area contributed by atoms with E-state index in [1.54, 1.807) is 17.0 Å². The maximum absolute atomic E-state index is 13.9. The van der Waals surface area contributed by atoms with E-state index in [1.807, 2.05) is 28.8 Å². The zero-order valence-electron chi connectivity index (χ0n) is 11.9. The summed E-state index contributed by atoms with van der Waals surface area (Å²) in [4.78, 5) is 18.8. The van der Waals surface area contributed by atoms with Crippen molar-refractivity contribution in [2.75, 3.05) is 11.4 Å². The van der Waals surface area contributed by atoms with Crippen molar-refractivity contribution in [2.45, 2.75) is 13.0 Å². The number of nitrogens with zero attached hydrogens (tertiary/aromatic N) is 3. The Bertz CT molecular complexity index is 871. The topological polar surface area (TPSA) is 38.1 Å². The highest BCUT2D eigenvalue weighted by Crippen LogP contribution is 2.28. The summed E-state index contributed by atoms with van der Waals surface area (Å²) in [6.07, 6.45) is 0.827. The molecule has 4 rings (SSSR count). The molecule has 0 spiro atoms. The van der Waals surface area contributed by atoms with Gasteiger partial charge in [-0.15, -0.1) is 0 Å². The van der Waals surface area contributed by atoms with Gasteiger partial charge in [-0.1, -0.05) is 24.3 Å². The number of imidazole rings is 1. The molecule has 1 aliphatic rings. The first kappa shape index (κ1) is 13.0. The van der Waals surface area contributed by atoms with Crippen molar-refractivity contribution in [3.63, 3.8) is 0 Å². The molecule has 4 nitrogen and oxygen atoms in total. The van der Waals surface area contributed by atoms with Crippen molar-refractivity contribution < 1.29 is 9.18 Å². The van der Waals surface area contributed by atoms with Crippen molar-refractivity contribution in [1.82, 2.24) is 9.55 Å². The first-order chi connectivity index (χ1) is 10.8. The molecule has 0 bridgehead atoms. The minimum absolute atomic E-state index is 0.0861. The van der Waals surface area contributed by atoms with E-state index in [1.165, 1.54) is 12.1 Å². The SMILES string of the molecule is O=C(c1ccccc1F)N1CCCn2c1nc1ccccc12. The van der Waals surface area contributed by atoms with Gasteiger partial charge in [0, 0.05) is 13.1 Å². The first-order valence-corrected chi connectivity index (χ1v) is 7.27. The normalized spacial score (nSPS) is 14.1. The Kier molecular flexibility index (Phi) is 2.92. The molecule has 3 aromatic rings. The van der Waals surface area contributed by atoms with Crippen LogP contribution in [0, 0.1) is 5.82 Å². The molecule has 0 saturated heterocycles. The lowest BCUT2D eigenvalue weighted by Crippen LogP contribution is -2.38. The van der Waals surface area contributed by atoms with Gasteiger partial charge in [0.25, 0.3) is 5.91 Å². The van der Waals surface area contributed by atoms with Crippen LogP contribution in [0.1, 0.15) is 16.8 Å². The van der Waals surface area contributed by atoms with E-state index in [9.17, 15) is 9.18 Å². The number of carbonyl (C=O) groups excluding carboxylic acids is 1. The molecule has 2 aromatic carbocycles. The predicted molar refractivity (Wildman–Crippen MR) is 82.4 cm³/mol. The minimum atomic E-state index is -0.499. The molecule has 0 saturated carbocycles. The molecule has 1 amide bonds. The van der Waals surface area contributed by atoms with E-state index in [0.29, 0.717) is 12.5 Å². The van der Waals surface area contributed by atoms with Crippen molar-refractivity contribution in [3.8, 4) is 0 Å². The number of aromatic nitrogens is 2. The molecule has 0 N–H and O–H groups in total. The third-order valence-corrected chi connectivity index (χ3v) is 3.99. The Morgan fingerprint density at radius 1 is 1.05 bits per heavy atom. The van der Waals surface area contributed by atoms with Gasteiger partial charge in [0.1, 0.15) is 5.82 Å². The van der Waals surface area contributed by atoms with E-state index in [4.69, 9.17) is 0 Å². The third-order valence-electron chi connectivity index (χ3n) is 3.99. The molecule has 0 atom stereocenters. The average Bonchev–Trinajstić information content (AvgIpc) is 2.93. The van der Waals surface area contributed by atoms with Crippen molar-refractivity contribution in [2.24, 2.45) is 0 Å². The van der Waals surface area contributed by atoms with Crippen LogP contribution < -0.4 is 4.90 Å². The zero-order valence-corrected chi connectivity index (χ0v) is 11.9. The van der Waals surface area contributed by atoms with Gasteiger partial charge in [-0.25, -0.2) is 9.37 Å². The lowest BCUT2D eigenvalue weighted by atomic mass is 10.1. The van der Waals surface area contributed by atoms with Gasteiger partial charge in [0.2, 0.25) is 5.95 Å². The molecular formula is C17H14FN3O. The van der Waals surface area contributed by atoms with Crippen molar-refractivity contribution >= 4 is 22.9 Å². The zero-order chi connectivity index (χ0) is 15.1. The summed E-state index contributed by atoms with van der Waals surface area (Å²) in [5.41, 5.74) is 1.94. The molecule has 1 aliphatic heterocycles. The molecule has 0 radical (unpaired) electrons. The first-order valence-electron chi connectivity index (χ1n) is 7.27. The van der Waals surface area contributed by atoms with Crippen LogP contribution in [0.5, 0.6) is 0 Å². The monoisotopic (exact) mass is 295 g/mol. The number of hydrogen-bond acceptors (Lipinski definition) is 2. The minimum Gasteiger partial charge on any atom is -0.310 e. The second-order valence-electron chi connectivity index (χ2n) is 5.34. The lowest BCUT2D eigenvalue weighted by molar-refractivity contribution is 0.0977. The van der Waals surface area contributed by atoms with Crippen LogP contribution in [-0.4, -0.2) is 22.0 Å². The van der Waals surface area contributed by atoms with Gasteiger partial charge in [0.15, 0.2) is 0 Å². The summed E-state index contributed by atoms with van der Waals surface area (Å²) >= 11 is 0. The fourth-order valence-electron chi connectivity index (χ4n) is 2.95. The number of amides is 1. The number of fused-ring (bicyclic) bond motifs is 3. The van der Waals surface area contributed by atoms with E-state index in [2.05, 4.69) is 4.98 Å². The van der Waals surface area contributed by atoms with E-state index in [-0.39, 0.29) is 11.5 Å². The molecule has 110 valence electrons. The molecule has 1 aromatic heterocycles. The summed E-state index contributed by atoms with van der Waals surface area (Å²) in [6.45, 7) is 1.37. The van der Waals surface area contributed by atoms with Crippen molar-refractivity contribution in [1.29, 1.82) is 0 Å². The fraction of sp³-hybridized carbons (Fsp3) is 0.176. The summed E-state index contributed by atoms with van der Waals surface area (Å²) in [7, 11) is 0. The van der Waals surface area contributed by atoms with Crippen LogP contribution >= 0.6 is 0 Å². The van der Waals surface area contributed by atoms with Gasteiger partial charge in [-0.2, -0.15) is 0 Å². The smallest absolute Gasteiger partial charge is 0.263 e. The second-order valence-corrected chi connectivity index (χ2v) is 5.34. The summed E-state index contributed by atoms with van der Waals surface area (Å²) in [6, 6.07) is 13.9. The summed E-state index contributed by atoms with van der Waals surface area (Å²) in [5, 5.41) is 0. The number of para-hydroxylation sites is 2. The summed E-state index contributed by atoms with van der Waals surface area (Å²) in [5.74, 6) is -0.240. The van der Waals surface area contributed by atoms with Crippen LogP contribution in [0.2, 0.25) is 0 Å². The Labute approximate surface area is 126 Å². The maximum atomic E-state index is 13.9. The van der Waals surface area contributed by atoms with Crippen LogP contribution in [0.4, 0.5) is 10.3 Å². The predicted octanol–water partition coefficient (Wildman–Crippen LogP) is 3.23. The lowest BCUT2D eigenvalue weighted by Gasteiger charge is -2.27. The van der Waals surface area contributed by atoms with Crippen LogP contribution in [0.25, 0.3) is 11.0 Å². The highest BCUT2D eigenvalue weighted by molar-refractivity contribution is 6.06. The number of halogens is 1. The number of benzene rings is 2. The van der Waals surface area contributed by atoms with E-state index >= 15 is 0 Å². The second kappa shape index (κ2) is 4.94. The largest absolute Gasteiger partial charge is 0.310 e. The molecule has 2 heterocycles. The Morgan fingerprint density at radius 2 is 1.82 bits per heavy atom. The highest BCUT2D eigenvalue weighted by atomic mass is 19.1. The van der Waals surface area contributed by atoms with Gasteiger partial charge in [0.05, 0.1) is 16.6 Å². The Balaban J connectivity index is 1.83. The summed E-state index contributed by atoms with van der Waals surface area (Å²) < 4.78 is 15.9. The van der Waals surface area contributed by atoms with Crippen LogP contribution in [0.15, 0.2) is 48.5 Å². The fourth-order valence-corrected chi connectivity index (χ4v) is 2.95. The number of hydrogen-bond donors (Lipinski definition) is 0. The van der Waals surface area contributed by atoms with E-state index < -0.39 is 5.82 Å². The van der Waals surface area contributed by atoms with Crippen LogP contribution in [-0.2, 0) is 6.54 Å². The molecular weight excluding hydrogens is 281 g/mol. The Morgan fingerprint density at radius 3 is 2.68 bits per heavy atom. The van der Waals surface area contributed by atoms with Gasteiger partial charge < -0.3 is 4.57 Å². The number of aryl methyl sites for hydroxylation is 1. The number of anilines is 1. The Hall–Kier alpha value is -2.69. The molecule has 0 fully saturated rings. The average molecular weight is 295 g/mol. The van der Waals surface area contributed by atoms with Gasteiger partial charge in [-0.05, 0) is 30.7 Å². The molecule has 22 heavy (non-hydrogen) atoms. The van der Waals surface area contributed by atoms with Gasteiger partial charge >= 0.3 is 0 Å². The van der Waals surface area contributed by atoms with Gasteiger partial charge in [-0.3, -0.25) is 9.69 Å². The quantitative estimate of drug-likeness (QED) is 0.691. The maximum Gasteiger partial charge on any atom is 0.263 e. The molecule has 5 heteroatoms. The standard InChI is InChI=1S/C17H14FN3O/c18-13-7-2-1-6-12(13)16(22)21-11-5-10-20-15-9-4-3-8-14(15)19-17(20)21/h1-4,6-9H,5,10-11H2. The third kappa shape index (κ3) is 1.89. The number of rotatable bonds is 1. The molecule has 0 unspecified atom stereocenters. The molecule has 0 aliphatic carbocycles. The van der Waals surface area contributed by atoms with Crippen LogP contribution in [0.3, 0.4) is 0 Å².